The molecule has 0 aliphatic carbocycles. The molecule has 7 heteroatoms. The maximum Gasteiger partial charge on any atom is 0.303 e. The Hall–Kier alpha value is -2.15. The van der Waals surface area contributed by atoms with Gasteiger partial charge in [0.25, 0.3) is 0 Å². The summed E-state index contributed by atoms with van der Waals surface area (Å²) in [6.45, 7) is 11.2. The van der Waals surface area contributed by atoms with Crippen LogP contribution in [-0.2, 0) is 28.6 Å². The zero-order valence-electron chi connectivity index (χ0n) is 14.3. The van der Waals surface area contributed by atoms with E-state index < -0.39 is 36.2 Å². The van der Waals surface area contributed by atoms with E-state index >= 15 is 0 Å². The number of ether oxygens (including phenoxy) is 3. The topological polar surface area (TPSA) is 90.9 Å². The van der Waals surface area contributed by atoms with Crippen molar-refractivity contribution in [3.63, 3.8) is 0 Å². The first-order chi connectivity index (χ1) is 11.3. The summed E-state index contributed by atoms with van der Waals surface area (Å²) < 4.78 is 16.1. The van der Waals surface area contributed by atoms with Crippen molar-refractivity contribution in [2.24, 2.45) is 0 Å². The predicted octanol–water partition coefficient (Wildman–Crippen LogP) is 1.27. The lowest BCUT2D eigenvalue weighted by Gasteiger charge is -2.45. The molecule has 1 fully saturated rings. The normalized spacial score (nSPS) is 29.2. The van der Waals surface area contributed by atoms with Crippen molar-refractivity contribution in [1.82, 2.24) is 5.32 Å². The van der Waals surface area contributed by atoms with E-state index in [-0.39, 0.29) is 12.1 Å². The fourth-order valence-corrected chi connectivity index (χ4v) is 2.88. The van der Waals surface area contributed by atoms with Crippen LogP contribution >= 0.6 is 0 Å². The van der Waals surface area contributed by atoms with Gasteiger partial charge in [-0.2, -0.15) is 0 Å². The highest BCUT2D eigenvalue weighted by Crippen LogP contribution is 2.27. The van der Waals surface area contributed by atoms with Crippen LogP contribution in [0, 0.1) is 0 Å². The molecule has 1 saturated heterocycles. The molecule has 0 bridgehead atoms. The van der Waals surface area contributed by atoms with Crippen molar-refractivity contribution in [2.75, 3.05) is 0 Å². The number of nitrogens with one attached hydrogen (secondary N) is 1. The van der Waals surface area contributed by atoms with Crippen LogP contribution in [0.1, 0.15) is 33.6 Å². The van der Waals surface area contributed by atoms with Gasteiger partial charge in [0, 0.05) is 20.8 Å². The fraction of sp³-hybridized carbons (Fsp3) is 0.588. The number of carbonyl (C=O) groups excluding carboxylic acids is 3. The molecule has 1 aliphatic heterocycles. The van der Waals surface area contributed by atoms with Gasteiger partial charge in [0.15, 0.2) is 18.3 Å². The van der Waals surface area contributed by atoms with Crippen LogP contribution in [0.15, 0.2) is 25.3 Å². The molecule has 0 aromatic rings. The minimum atomic E-state index is -0.911. The van der Waals surface area contributed by atoms with Gasteiger partial charge in [-0.3, -0.25) is 14.4 Å². The standard InChI is InChI=1S/C17H25NO6/c1-6-8-13-15(22-10(3)19)17(24-12(5)21)16(23-11(4)20)14(18-13)9-7-2/h6-7,13-18H,1-2,8-9H2,3-5H3/t13-,14+,15-,16+,17?. The third-order valence-corrected chi connectivity index (χ3v) is 3.62. The van der Waals surface area contributed by atoms with Crippen LogP contribution < -0.4 is 5.32 Å². The zero-order chi connectivity index (χ0) is 18.3. The summed E-state index contributed by atoms with van der Waals surface area (Å²) in [5.41, 5.74) is 0. The molecule has 0 aromatic heterocycles. The van der Waals surface area contributed by atoms with E-state index in [2.05, 4.69) is 18.5 Å². The smallest absolute Gasteiger partial charge is 0.303 e. The first-order valence-electron chi connectivity index (χ1n) is 7.79. The highest BCUT2D eigenvalue weighted by atomic mass is 16.6. The molecule has 1 unspecified atom stereocenters. The van der Waals surface area contributed by atoms with Crippen molar-refractivity contribution >= 4 is 17.9 Å². The molecule has 1 heterocycles. The van der Waals surface area contributed by atoms with E-state index in [1.54, 1.807) is 12.2 Å². The Balaban J connectivity index is 3.24. The molecule has 1 rings (SSSR count). The molecular formula is C17H25NO6. The summed E-state index contributed by atoms with van der Waals surface area (Å²) in [6, 6.07) is -0.653. The number of hydrogen-bond acceptors (Lipinski definition) is 7. The molecule has 1 aliphatic rings. The number of hydrogen-bond donors (Lipinski definition) is 1. The Morgan fingerprint density at radius 2 is 1.12 bits per heavy atom. The molecule has 0 spiro atoms. The van der Waals surface area contributed by atoms with E-state index in [0.29, 0.717) is 12.8 Å². The third kappa shape index (κ3) is 5.49. The molecule has 1 N–H and O–H groups in total. The summed E-state index contributed by atoms with van der Waals surface area (Å²) in [5.74, 6) is -1.58. The molecule has 0 saturated carbocycles. The number of rotatable bonds is 7. The second kappa shape index (κ2) is 9.22. The van der Waals surface area contributed by atoms with E-state index in [1.165, 1.54) is 20.8 Å². The maximum absolute atomic E-state index is 11.5. The van der Waals surface area contributed by atoms with Crippen molar-refractivity contribution in [1.29, 1.82) is 0 Å². The van der Waals surface area contributed by atoms with Crippen LogP contribution in [0.25, 0.3) is 0 Å². The lowest BCUT2D eigenvalue weighted by Crippen LogP contribution is -2.67. The van der Waals surface area contributed by atoms with Crippen molar-refractivity contribution < 1.29 is 28.6 Å². The largest absolute Gasteiger partial charge is 0.457 e. The van der Waals surface area contributed by atoms with E-state index in [9.17, 15) is 14.4 Å². The minimum absolute atomic E-state index is 0.326. The van der Waals surface area contributed by atoms with Crippen molar-refractivity contribution in [3.05, 3.63) is 25.3 Å². The second-order valence-electron chi connectivity index (χ2n) is 5.65. The van der Waals surface area contributed by atoms with Gasteiger partial charge in [-0.1, -0.05) is 12.2 Å². The first kappa shape index (κ1) is 19.9. The van der Waals surface area contributed by atoms with Gasteiger partial charge in [-0.25, -0.2) is 0 Å². The van der Waals surface area contributed by atoms with Crippen LogP contribution in [-0.4, -0.2) is 48.3 Å². The molecule has 5 atom stereocenters. The summed E-state index contributed by atoms with van der Waals surface area (Å²) in [4.78, 5) is 34.5. The maximum atomic E-state index is 11.5. The van der Waals surface area contributed by atoms with Crippen LogP contribution in [0.2, 0.25) is 0 Å². The van der Waals surface area contributed by atoms with Gasteiger partial charge in [0.2, 0.25) is 0 Å². The van der Waals surface area contributed by atoms with Crippen molar-refractivity contribution in [2.45, 2.75) is 64.0 Å². The zero-order valence-corrected chi connectivity index (χ0v) is 14.3. The summed E-state index contributed by atoms with van der Waals surface area (Å²) in [6.07, 6.45) is 1.81. The summed E-state index contributed by atoms with van der Waals surface area (Å²) in [7, 11) is 0. The van der Waals surface area contributed by atoms with E-state index in [1.807, 2.05) is 0 Å². The molecule has 0 radical (unpaired) electrons. The predicted molar refractivity (Wildman–Crippen MR) is 87.0 cm³/mol. The first-order valence-corrected chi connectivity index (χ1v) is 7.79. The highest BCUT2D eigenvalue weighted by molar-refractivity contribution is 5.68. The second-order valence-corrected chi connectivity index (χ2v) is 5.65. The van der Waals surface area contributed by atoms with Gasteiger partial charge in [0.05, 0.1) is 12.1 Å². The fourth-order valence-electron chi connectivity index (χ4n) is 2.88. The molecule has 24 heavy (non-hydrogen) atoms. The Morgan fingerprint density at radius 1 is 0.792 bits per heavy atom. The van der Waals surface area contributed by atoms with Crippen LogP contribution in [0.3, 0.4) is 0 Å². The van der Waals surface area contributed by atoms with Crippen molar-refractivity contribution in [3.8, 4) is 0 Å². The average Bonchev–Trinajstić information content (AvgIpc) is 2.45. The Kier molecular flexibility index (Phi) is 7.64. The van der Waals surface area contributed by atoms with Gasteiger partial charge in [0.1, 0.15) is 0 Å². The van der Waals surface area contributed by atoms with E-state index in [4.69, 9.17) is 14.2 Å². The van der Waals surface area contributed by atoms with E-state index in [0.717, 1.165) is 0 Å². The van der Waals surface area contributed by atoms with Crippen LogP contribution in [0.5, 0.6) is 0 Å². The SMILES string of the molecule is C=CC[C@@H]1N[C@H](CC=C)[C@@H](OC(C)=O)C(OC(C)=O)[C@H]1OC(C)=O. The van der Waals surface area contributed by atoms with Gasteiger partial charge in [-0.05, 0) is 12.8 Å². The Morgan fingerprint density at radius 3 is 1.42 bits per heavy atom. The number of carbonyl (C=O) groups is 3. The Labute approximate surface area is 142 Å². The summed E-state index contributed by atoms with van der Waals surface area (Å²) >= 11 is 0. The van der Waals surface area contributed by atoms with Gasteiger partial charge in [-0.15, -0.1) is 13.2 Å². The van der Waals surface area contributed by atoms with Crippen LogP contribution in [0.4, 0.5) is 0 Å². The summed E-state index contributed by atoms with van der Waals surface area (Å²) in [5, 5.41) is 3.28. The molecule has 7 nitrogen and oxygen atoms in total. The molecule has 0 amide bonds. The lowest BCUT2D eigenvalue weighted by molar-refractivity contribution is -0.196. The molecule has 0 aromatic carbocycles. The molecule has 134 valence electrons. The Bertz CT molecular complexity index is 467. The number of esters is 3. The molecular weight excluding hydrogens is 314 g/mol. The highest BCUT2D eigenvalue weighted by Gasteiger charge is 2.49. The lowest BCUT2D eigenvalue weighted by atomic mass is 9.86. The minimum Gasteiger partial charge on any atom is -0.457 e. The monoisotopic (exact) mass is 339 g/mol. The van der Waals surface area contributed by atoms with Gasteiger partial charge >= 0.3 is 17.9 Å². The van der Waals surface area contributed by atoms with Gasteiger partial charge < -0.3 is 19.5 Å². The average molecular weight is 339 g/mol. The third-order valence-electron chi connectivity index (χ3n) is 3.62. The number of piperidine rings is 1. The quantitative estimate of drug-likeness (QED) is 0.424.